The summed E-state index contributed by atoms with van der Waals surface area (Å²) in [6.45, 7) is 2.54. The Balaban J connectivity index is 1.76. The molecule has 100 valence electrons. The second-order valence-corrected chi connectivity index (χ2v) is 5.04. The highest BCUT2D eigenvalue weighted by molar-refractivity contribution is 5.74. The van der Waals surface area contributed by atoms with E-state index in [-0.39, 0.29) is 6.03 Å². The van der Waals surface area contributed by atoms with Crippen molar-refractivity contribution in [1.29, 1.82) is 0 Å². The number of amides is 2. The van der Waals surface area contributed by atoms with Crippen LogP contribution in [-0.2, 0) is 13.6 Å². The first-order valence-electron chi connectivity index (χ1n) is 6.68. The van der Waals surface area contributed by atoms with Gasteiger partial charge in [0.05, 0.1) is 6.20 Å². The number of hydrogen-bond donors (Lipinski definition) is 2. The number of carbonyl (C=O) groups is 1. The van der Waals surface area contributed by atoms with Crippen LogP contribution in [-0.4, -0.2) is 21.9 Å². The summed E-state index contributed by atoms with van der Waals surface area (Å²) in [4.78, 5) is 11.8. The molecular formula is C13H22N4O. The van der Waals surface area contributed by atoms with Gasteiger partial charge >= 0.3 is 6.03 Å². The summed E-state index contributed by atoms with van der Waals surface area (Å²) in [5.74, 6) is 0. The monoisotopic (exact) mass is 250 g/mol. The van der Waals surface area contributed by atoms with E-state index in [9.17, 15) is 4.79 Å². The molecule has 0 unspecified atom stereocenters. The van der Waals surface area contributed by atoms with Crippen LogP contribution in [0, 0.1) is 6.92 Å². The summed E-state index contributed by atoms with van der Waals surface area (Å²) >= 11 is 0. The van der Waals surface area contributed by atoms with Gasteiger partial charge in [-0.25, -0.2) is 4.79 Å². The molecule has 0 aliphatic heterocycles. The van der Waals surface area contributed by atoms with Crippen molar-refractivity contribution in [2.45, 2.75) is 51.6 Å². The van der Waals surface area contributed by atoms with Crippen LogP contribution in [0.3, 0.4) is 0 Å². The maximum atomic E-state index is 11.8. The Morgan fingerprint density at radius 2 is 2.17 bits per heavy atom. The molecule has 5 heteroatoms. The van der Waals surface area contributed by atoms with Gasteiger partial charge in [-0.3, -0.25) is 4.68 Å². The third-order valence-corrected chi connectivity index (χ3v) is 3.72. The summed E-state index contributed by atoms with van der Waals surface area (Å²) in [6.07, 6.45) is 7.78. The fraction of sp³-hybridized carbons (Fsp3) is 0.692. The van der Waals surface area contributed by atoms with E-state index < -0.39 is 0 Å². The van der Waals surface area contributed by atoms with Crippen LogP contribution >= 0.6 is 0 Å². The zero-order valence-electron chi connectivity index (χ0n) is 11.2. The topological polar surface area (TPSA) is 59.0 Å². The van der Waals surface area contributed by atoms with Gasteiger partial charge in [0, 0.05) is 30.9 Å². The van der Waals surface area contributed by atoms with Crippen LogP contribution in [0.1, 0.15) is 43.4 Å². The Morgan fingerprint density at radius 1 is 1.44 bits per heavy atom. The first-order valence-corrected chi connectivity index (χ1v) is 6.68. The average Bonchev–Trinajstić information content (AvgIpc) is 2.69. The minimum atomic E-state index is -0.0647. The molecule has 1 aromatic heterocycles. The van der Waals surface area contributed by atoms with Gasteiger partial charge in [0.15, 0.2) is 0 Å². The summed E-state index contributed by atoms with van der Waals surface area (Å²) in [5.41, 5.74) is 2.16. The predicted octanol–water partition coefficient (Wildman–Crippen LogP) is 1.86. The molecule has 18 heavy (non-hydrogen) atoms. The molecule has 0 radical (unpaired) electrons. The third kappa shape index (κ3) is 3.24. The second-order valence-electron chi connectivity index (χ2n) is 5.04. The maximum Gasteiger partial charge on any atom is 0.315 e. The quantitative estimate of drug-likeness (QED) is 0.860. The lowest BCUT2D eigenvalue weighted by Crippen LogP contribution is -2.42. The van der Waals surface area contributed by atoms with E-state index in [1.165, 1.54) is 19.3 Å². The predicted molar refractivity (Wildman–Crippen MR) is 70.2 cm³/mol. The van der Waals surface area contributed by atoms with Crippen LogP contribution in [0.4, 0.5) is 4.79 Å². The molecule has 2 rings (SSSR count). The van der Waals surface area contributed by atoms with Crippen LogP contribution in [0.25, 0.3) is 0 Å². The highest BCUT2D eigenvalue weighted by atomic mass is 16.2. The molecule has 0 bridgehead atoms. The highest BCUT2D eigenvalue weighted by Crippen LogP contribution is 2.17. The number of aryl methyl sites for hydroxylation is 1. The number of rotatable bonds is 3. The Hall–Kier alpha value is -1.52. The third-order valence-electron chi connectivity index (χ3n) is 3.72. The van der Waals surface area contributed by atoms with Gasteiger partial charge in [-0.15, -0.1) is 0 Å². The fourth-order valence-corrected chi connectivity index (χ4v) is 2.38. The smallest absolute Gasteiger partial charge is 0.315 e. The van der Waals surface area contributed by atoms with Crippen molar-refractivity contribution in [3.05, 3.63) is 17.5 Å². The molecule has 1 aliphatic carbocycles. The van der Waals surface area contributed by atoms with Gasteiger partial charge in [-0.1, -0.05) is 19.3 Å². The summed E-state index contributed by atoms with van der Waals surface area (Å²) in [6, 6.07) is 0.291. The number of nitrogens with zero attached hydrogens (tertiary/aromatic N) is 2. The number of urea groups is 1. The van der Waals surface area contributed by atoms with Crippen molar-refractivity contribution in [1.82, 2.24) is 20.4 Å². The molecule has 0 saturated heterocycles. The highest BCUT2D eigenvalue weighted by Gasteiger charge is 2.15. The minimum Gasteiger partial charge on any atom is -0.335 e. The largest absolute Gasteiger partial charge is 0.335 e. The first kappa shape index (κ1) is 12.9. The van der Waals surface area contributed by atoms with E-state index in [0.717, 1.165) is 24.1 Å². The molecule has 1 heterocycles. The van der Waals surface area contributed by atoms with Gasteiger partial charge in [0.1, 0.15) is 0 Å². The lowest BCUT2D eigenvalue weighted by atomic mass is 9.96. The van der Waals surface area contributed by atoms with Gasteiger partial charge in [0.25, 0.3) is 0 Å². The van der Waals surface area contributed by atoms with Crippen molar-refractivity contribution in [2.24, 2.45) is 7.05 Å². The second kappa shape index (κ2) is 5.89. The van der Waals surface area contributed by atoms with Gasteiger partial charge in [-0.05, 0) is 19.8 Å². The molecule has 2 N–H and O–H groups in total. The Morgan fingerprint density at radius 3 is 2.78 bits per heavy atom. The molecule has 5 nitrogen and oxygen atoms in total. The lowest BCUT2D eigenvalue weighted by Gasteiger charge is -2.22. The van der Waals surface area contributed by atoms with E-state index in [4.69, 9.17) is 0 Å². The van der Waals surface area contributed by atoms with Crippen LogP contribution in [0.15, 0.2) is 6.20 Å². The van der Waals surface area contributed by atoms with Gasteiger partial charge in [-0.2, -0.15) is 5.10 Å². The molecule has 2 amide bonds. The average molecular weight is 250 g/mol. The van der Waals surface area contributed by atoms with Crippen molar-refractivity contribution in [3.8, 4) is 0 Å². The molecule has 1 fully saturated rings. The summed E-state index contributed by atoms with van der Waals surface area (Å²) in [5, 5.41) is 10.1. The number of carbonyl (C=O) groups excluding carboxylic acids is 1. The molecule has 0 aromatic carbocycles. The summed E-state index contributed by atoms with van der Waals surface area (Å²) in [7, 11) is 1.90. The number of hydrogen-bond acceptors (Lipinski definition) is 2. The molecule has 0 atom stereocenters. The minimum absolute atomic E-state index is 0.0647. The Kier molecular flexibility index (Phi) is 4.23. The zero-order valence-corrected chi connectivity index (χ0v) is 11.2. The van der Waals surface area contributed by atoms with Crippen LogP contribution in [0.5, 0.6) is 0 Å². The van der Waals surface area contributed by atoms with Gasteiger partial charge in [0.2, 0.25) is 0 Å². The Labute approximate surface area is 108 Å². The maximum absolute atomic E-state index is 11.8. The zero-order chi connectivity index (χ0) is 13.0. The van der Waals surface area contributed by atoms with E-state index in [1.807, 2.05) is 18.7 Å². The molecular weight excluding hydrogens is 228 g/mol. The molecule has 1 aromatic rings. The van der Waals surface area contributed by atoms with Crippen molar-refractivity contribution >= 4 is 6.03 Å². The standard InChI is InChI=1S/C13H22N4O/c1-10-11(9-15-17(10)2)8-14-13(18)16-12-6-4-3-5-7-12/h9,12H,3-8H2,1-2H3,(H2,14,16,18). The summed E-state index contributed by atoms with van der Waals surface area (Å²) < 4.78 is 1.82. The molecule has 1 saturated carbocycles. The van der Waals surface area contributed by atoms with E-state index in [2.05, 4.69) is 15.7 Å². The number of aromatic nitrogens is 2. The molecule has 1 aliphatic rings. The fourth-order valence-electron chi connectivity index (χ4n) is 2.38. The van der Waals surface area contributed by atoms with E-state index in [0.29, 0.717) is 12.6 Å². The lowest BCUT2D eigenvalue weighted by molar-refractivity contribution is 0.232. The van der Waals surface area contributed by atoms with E-state index in [1.54, 1.807) is 6.20 Å². The first-order chi connectivity index (χ1) is 8.66. The normalized spacial score (nSPS) is 16.6. The van der Waals surface area contributed by atoms with Gasteiger partial charge < -0.3 is 10.6 Å². The van der Waals surface area contributed by atoms with Crippen molar-refractivity contribution in [2.75, 3.05) is 0 Å². The van der Waals surface area contributed by atoms with Crippen LogP contribution in [0.2, 0.25) is 0 Å². The SMILES string of the molecule is Cc1c(CNC(=O)NC2CCCCC2)cnn1C. The number of nitrogens with one attached hydrogen (secondary N) is 2. The molecule has 0 spiro atoms. The van der Waals surface area contributed by atoms with Crippen LogP contribution < -0.4 is 10.6 Å². The van der Waals surface area contributed by atoms with Crippen molar-refractivity contribution in [3.63, 3.8) is 0 Å². The van der Waals surface area contributed by atoms with Crippen molar-refractivity contribution < 1.29 is 4.79 Å². The Bertz CT molecular complexity index is 407. The van der Waals surface area contributed by atoms with E-state index >= 15 is 0 Å².